The molecule has 1 heterocycles. The standard InChI is InChI=1S/C21H22N4O4S2/c1-24(2)12-18(26)22-16-11-15(31-14-7-5-4-6-8-14)9-10-17(16)25-19(27)13-30-20(25)23-21(28)29-3/h4-11H,12-13H2,1-3H3,(H,22,26)/b23-20+. The zero-order valence-corrected chi connectivity index (χ0v) is 19.0. The van der Waals surface area contributed by atoms with E-state index in [1.165, 1.54) is 23.8 Å². The lowest BCUT2D eigenvalue weighted by Crippen LogP contribution is -2.32. The van der Waals surface area contributed by atoms with Gasteiger partial charge in [0.15, 0.2) is 5.17 Å². The molecule has 31 heavy (non-hydrogen) atoms. The summed E-state index contributed by atoms with van der Waals surface area (Å²) in [5.41, 5.74) is 0.906. The van der Waals surface area contributed by atoms with Crippen LogP contribution < -0.4 is 10.2 Å². The molecule has 0 bridgehead atoms. The van der Waals surface area contributed by atoms with E-state index in [0.29, 0.717) is 11.4 Å². The van der Waals surface area contributed by atoms with Crippen molar-refractivity contribution in [2.45, 2.75) is 9.79 Å². The van der Waals surface area contributed by atoms with E-state index in [9.17, 15) is 14.4 Å². The number of carbonyl (C=O) groups is 3. The number of methoxy groups -OCH3 is 1. The van der Waals surface area contributed by atoms with Gasteiger partial charge < -0.3 is 15.0 Å². The summed E-state index contributed by atoms with van der Waals surface area (Å²) in [6.45, 7) is 0.182. The Hall–Kier alpha value is -2.82. The number of hydrogen-bond donors (Lipinski definition) is 1. The molecule has 0 unspecified atom stereocenters. The molecule has 0 atom stereocenters. The third-order valence-electron chi connectivity index (χ3n) is 4.05. The van der Waals surface area contributed by atoms with Crippen LogP contribution in [-0.2, 0) is 14.3 Å². The fourth-order valence-electron chi connectivity index (χ4n) is 2.78. The fraction of sp³-hybridized carbons (Fsp3) is 0.238. The number of benzene rings is 2. The quantitative estimate of drug-likeness (QED) is 0.708. The second-order valence-electron chi connectivity index (χ2n) is 6.76. The molecule has 8 nitrogen and oxygen atoms in total. The molecular weight excluding hydrogens is 436 g/mol. The Balaban J connectivity index is 1.99. The van der Waals surface area contributed by atoms with Crippen LogP contribution in [-0.4, -0.2) is 61.5 Å². The van der Waals surface area contributed by atoms with Crippen LogP contribution in [0.1, 0.15) is 0 Å². The second kappa shape index (κ2) is 10.5. The van der Waals surface area contributed by atoms with E-state index in [0.717, 1.165) is 21.6 Å². The minimum absolute atomic E-state index is 0.140. The maximum atomic E-state index is 12.6. The lowest BCUT2D eigenvalue weighted by atomic mass is 10.2. The number of amides is 3. The predicted molar refractivity (Wildman–Crippen MR) is 124 cm³/mol. The first-order chi connectivity index (χ1) is 14.9. The van der Waals surface area contributed by atoms with Gasteiger partial charge in [0.05, 0.1) is 30.8 Å². The average molecular weight is 459 g/mol. The Bertz CT molecular complexity index is 1010. The second-order valence-corrected chi connectivity index (χ2v) is 8.85. The van der Waals surface area contributed by atoms with Crippen molar-refractivity contribution in [1.82, 2.24) is 4.90 Å². The summed E-state index contributed by atoms with van der Waals surface area (Å²) in [7, 11) is 4.81. The Morgan fingerprint density at radius 1 is 1.19 bits per heavy atom. The van der Waals surface area contributed by atoms with E-state index < -0.39 is 6.09 Å². The van der Waals surface area contributed by atoms with Gasteiger partial charge in [-0.3, -0.25) is 14.5 Å². The van der Waals surface area contributed by atoms with Crippen LogP contribution >= 0.6 is 23.5 Å². The minimum atomic E-state index is -0.795. The largest absolute Gasteiger partial charge is 0.451 e. The minimum Gasteiger partial charge on any atom is -0.451 e. The molecule has 1 N–H and O–H groups in total. The highest BCUT2D eigenvalue weighted by Gasteiger charge is 2.32. The van der Waals surface area contributed by atoms with Crippen molar-refractivity contribution in [3.63, 3.8) is 0 Å². The van der Waals surface area contributed by atoms with Gasteiger partial charge in [0, 0.05) is 9.79 Å². The molecule has 1 fully saturated rings. The molecule has 3 rings (SSSR count). The lowest BCUT2D eigenvalue weighted by molar-refractivity contribution is -0.117. The highest BCUT2D eigenvalue weighted by atomic mass is 32.2. The van der Waals surface area contributed by atoms with E-state index >= 15 is 0 Å². The van der Waals surface area contributed by atoms with E-state index in [1.54, 1.807) is 25.1 Å². The Labute approximate surface area is 189 Å². The molecule has 0 aliphatic carbocycles. The molecule has 1 saturated heterocycles. The van der Waals surface area contributed by atoms with Crippen molar-refractivity contribution < 1.29 is 19.1 Å². The number of likely N-dealkylation sites (N-methyl/N-ethyl adjacent to an activating group) is 1. The number of anilines is 2. The van der Waals surface area contributed by atoms with Crippen LogP contribution in [0, 0.1) is 0 Å². The van der Waals surface area contributed by atoms with Gasteiger partial charge >= 0.3 is 6.09 Å². The summed E-state index contributed by atoms with van der Waals surface area (Å²) >= 11 is 2.68. The number of ether oxygens (including phenoxy) is 1. The molecular formula is C21H22N4O4S2. The molecule has 0 spiro atoms. The van der Waals surface area contributed by atoms with Crippen LogP contribution in [0.25, 0.3) is 0 Å². The number of nitrogens with one attached hydrogen (secondary N) is 1. The Morgan fingerprint density at radius 2 is 1.94 bits per heavy atom. The van der Waals surface area contributed by atoms with Gasteiger partial charge in [-0.2, -0.15) is 4.99 Å². The molecule has 1 aliphatic heterocycles. The first-order valence-electron chi connectivity index (χ1n) is 9.31. The monoisotopic (exact) mass is 458 g/mol. The third-order valence-corrected chi connectivity index (χ3v) is 5.97. The molecule has 0 radical (unpaired) electrons. The summed E-state index contributed by atoms with van der Waals surface area (Å²) in [6, 6.07) is 15.2. The smallest absolute Gasteiger partial charge is 0.435 e. The van der Waals surface area contributed by atoms with Crippen molar-refractivity contribution >= 4 is 58.0 Å². The van der Waals surface area contributed by atoms with Gasteiger partial charge in [0.2, 0.25) is 11.8 Å². The summed E-state index contributed by atoms with van der Waals surface area (Å²) < 4.78 is 4.60. The number of hydrogen-bond acceptors (Lipinski definition) is 7. The van der Waals surface area contributed by atoms with Gasteiger partial charge in [-0.1, -0.05) is 41.7 Å². The van der Waals surface area contributed by atoms with Crippen LogP contribution in [0.4, 0.5) is 16.2 Å². The van der Waals surface area contributed by atoms with E-state index in [4.69, 9.17) is 0 Å². The fourth-order valence-corrected chi connectivity index (χ4v) is 4.51. The zero-order valence-electron chi connectivity index (χ0n) is 17.3. The topological polar surface area (TPSA) is 91.3 Å². The van der Waals surface area contributed by atoms with Crippen LogP contribution in [0.15, 0.2) is 63.3 Å². The van der Waals surface area contributed by atoms with Gasteiger partial charge in [0.1, 0.15) is 0 Å². The number of rotatable bonds is 6. The van der Waals surface area contributed by atoms with Crippen molar-refractivity contribution in [2.75, 3.05) is 43.7 Å². The molecule has 3 amide bonds. The molecule has 2 aromatic carbocycles. The normalized spacial score (nSPS) is 14.9. The number of amidine groups is 1. The Morgan fingerprint density at radius 3 is 2.61 bits per heavy atom. The number of thioether (sulfide) groups is 1. The maximum absolute atomic E-state index is 12.6. The summed E-state index contributed by atoms with van der Waals surface area (Å²) in [5, 5.41) is 3.10. The summed E-state index contributed by atoms with van der Waals surface area (Å²) in [6.07, 6.45) is -0.795. The van der Waals surface area contributed by atoms with Crippen LogP contribution in [0.2, 0.25) is 0 Å². The first-order valence-corrected chi connectivity index (χ1v) is 11.1. The first kappa shape index (κ1) is 22.9. The summed E-state index contributed by atoms with van der Waals surface area (Å²) in [4.78, 5) is 45.6. The van der Waals surface area contributed by atoms with Crippen LogP contribution in [0.3, 0.4) is 0 Å². The van der Waals surface area contributed by atoms with Crippen molar-refractivity contribution in [2.24, 2.45) is 4.99 Å². The van der Waals surface area contributed by atoms with Crippen LogP contribution in [0.5, 0.6) is 0 Å². The van der Waals surface area contributed by atoms with Crippen molar-refractivity contribution in [3.8, 4) is 0 Å². The Kier molecular flexibility index (Phi) is 7.72. The van der Waals surface area contributed by atoms with E-state index in [2.05, 4.69) is 15.0 Å². The molecule has 2 aromatic rings. The van der Waals surface area contributed by atoms with E-state index in [-0.39, 0.29) is 29.3 Å². The highest BCUT2D eigenvalue weighted by Crippen LogP contribution is 2.37. The van der Waals surface area contributed by atoms with Gasteiger partial charge in [0.25, 0.3) is 0 Å². The molecule has 0 saturated carbocycles. The van der Waals surface area contributed by atoms with Gasteiger partial charge in [-0.05, 0) is 44.4 Å². The van der Waals surface area contributed by atoms with Gasteiger partial charge in [-0.15, -0.1) is 0 Å². The lowest BCUT2D eigenvalue weighted by Gasteiger charge is -2.21. The number of aliphatic imine (C=N–C) groups is 1. The highest BCUT2D eigenvalue weighted by molar-refractivity contribution is 8.15. The van der Waals surface area contributed by atoms with E-state index in [1.807, 2.05) is 42.5 Å². The van der Waals surface area contributed by atoms with Crippen molar-refractivity contribution in [1.29, 1.82) is 0 Å². The predicted octanol–water partition coefficient (Wildman–Crippen LogP) is 3.54. The summed E-state index contributed by atoms with van der Waals surface area (Å²) in [5.74, 6) is -0.320. The van der Waals surface area contributed by atoms with Gasteiger partial charge in [-0.25, -0.2) is 4.79 Å². The average Bonchev–Trinajstić information content (AvgIpc) is 3.08. The SMILES string of the molecule is COC(=O)/N=C1/SCC(=O)N1c1ccc(Sc2ccccc2)cc1NC(=O)CN(C)C. The number of carbonyl (C=O) groups excluding carboxylic acids is 3. The maximum Gasteiger partial charge on any atom is 0.435 e. The molecule has 0 aromatic heterocycles. The van der Waals surface area contributed by atoms with Crippen molar-refractivity contribution in [3.05, 3.63) is 48.5 Å². The molecule has 162 valence electrons. The third kappa shape index (κ3) is 6.09. The zero-order chi connectivity index (χ0) is 22.4. The number of nitrogens with zero attached hydrogens (tertiary/aromatic N) is 3. The molecule has 10 heteroatoms. The molecule has 1 aliphatic rings.